The normalized spacial score (nSPS) is 12.7. The number of benzene rings is 1. The fraction of sp³-hybridized carbons (Fsp3) is 0.462. The number of aliphatic carboxylic acids is 1. The summed E-state index contributed by atoms with van der Waals surface area (Å²) in [5.41, 5.74) is -0.935. The smallest absolute Gasteiger partial charge is 0.324 e. The lowest BCUT2D eigenvalue weighted by Crippen LogP contribution is -2.52. The second-order valence-electron chi connectivity index (χ2n) is 4.94. The number of carboxylic acid groups (broad SMARTS) is 1. The van der Waals surface area contributed by atoms with Crippen LogP contribution in [-0.4, -0.2) is 35.9 Å². The monoisotopic (exact) mass is 363 g/mol. The molecule has 0 radical (unpaired) electrons. The zero-order valence-corrected chi connectivity index (χ0v) is 14.2. The maximum Gasteiger partial charge on any atom is 0.324 e. The largest absolute Gasteiger partial charge is 0.480 e. The van der Waals surface area contributed by atoms with Gasteiger partial charge in [0.25, 0.3) is 0 Å². The first-order chi connectivity index (χ1) is 9.05. The molecule has 112 valence electrons. The molecule has 0 heterocycles. The number of halogens is 1. The minimum Gasteiger partial charge on any atom is -0.480 e. The van der Waals surface area contributed by atoms with Gasteiger partial charge >= 0.3 is 5.97 Å². The van der Waals surface area contributed by atoms with Crippen molar-refractivity contribution >= 4 is 31.9 Å². The van der Waals surface area contributed by atoms with Crippen molar-refractivity contribution in [3.05, 3.63) is 28.2 Å². The molecule has 1 N–H and O–H groups in total. The van der Waals surface area contributed by atoms with Crippen LogP contribution in [0.1, 0.15) is 26.3 Å². The standard InChI is InChI=1S/C13H18BrNO4S/c1-5-15(13(3,4)12(16)17)20(18,19)11-8-10(14)7-6-9(11)2/h6-8H,5H2,1-4H3,(H,16,17). The Labute approximate surface area is 127 Å². The number of sulfonamides is 1. The molecule has 0 aliphatic rings. The molecular weight excluding hydrogens is 346 g/mol. The van der Waals surface area contributed by atoms with E-state index in [1.807, 2.05) is 0 Å². The van der Waals surface area contributed by atoms with Crippen LogP contribution in [0, 0.1) is 6.92 Å². The minimum absolute atomic E-state index is 0.0770. The van der Waals surface area contributed by atoms with Gasteiger partial charge in [0.2, 0.25) is 10.0 Å². The molecule has 0 aliphatic heterocycles. The lowest BCUT2D eigenvalue weighted by atomic mass is 10.1. The number of rotatable bonds is 5. The number of carbonyl (C=O) groups is 1. The summed E-state index contributed by atoms with van der Waals surface area (Å²) in [5, 5.41) is 9.26. The first-order valence-electron chi connectivity index (χ1n) is 6.07. The van der Waals surface area contributed by atoms with Crippen LogP contribution in [-0.2, 0) is 14.8 Å². The number of hydrogen-bond acceptors (Lipinski definition) is 3. The Morgan fingerprint density at radius 1 is 1.40 bits per heavy atom. The maximum absolute atomic E-state index is 12.7. The predicted molar refractivity (Wildman–Crippen MR) is 80.2 cm³/mol. The molecule has 0 amide bonds. The van der Waals surface area contributed by atoms with Crippen molar-refractivity contribution in [1.82, 2.24) is 4.31 Å². The number of carboxylic acids is 1. The molecule has 0 unspecified atom stereocenters. The van der Waals surface area contributed by atoms with Gasteiger partial charge in [-0.1, -0.05) is 28.9 Å². The quantitative estimate of drug-likeness (QED) is 0.872. The highest BCUT2D eigenvalue weighted by atomic mass is 79.9. The molecule has 1 aromatic carbocycles. The van der Waals surface area contributed by atoms with Gasteiger partial charge < -0.3 is 5.11 Å². The Bertz CT molecular complexity index is 625. The summed E-state index contributed by atoms with van der Waals surface area (Å²) in [6.07, 6.45) is 0. The van der Waals surface area contributed by atoms with Crippen LogP contribution in [0.2, 0.25) is 0 Å². The van der Waals surface area contributed by atoms with Crippen LogP contribution in [0.15, 0.2) is 27.6 Å². The number of likely N-dealkylation sites (N-methyl/N-ethyl adjacent to an activating group) is 1. The van der Waals surface area contributed by atoms with E-state index in [1.54, 1.807) is 26.0 Å². The Morgan fingerprint density at radius 3 is 2.40 bits per heavy atom. The Balaban J connectivity index is 3.48. The third-order valence-electron chi connectivity index (χ3n) is 3.15. The van der Waals surface area contributed by atoms with Gasteiger partial charge in [0.05, 0.1) is 4.90 Å². The molecule has 7 heteroatoms. The van der Waals surface area contributed by atoms with Crippen molar-refractivity contribution in [2.45, 2.75) is 38.1 Å². The van der Waals surface area contributed by atoms with E-state index in [2.05, 4.69) is 15.9 Å². The van der Waals surface area contributed by atoms with E-state index in [9.17, 15) is 18.3 Å². The van der Waals surface area contributed by atoms with Gasteiger partial charge in [0, 0.05) is 11.0 Å². The van der Waals surface area contributed by atoms with E-state index >= 15 is 0 Å². The molecule has 0 fully saturated rings. The summed E-state index contributed by atoms with van der Waals surface area (Å²) >= 11 is 3.24. The summed E-state index contributed by atoms with van der Waals surface area (Å²) < 4.78 is 27.1. The highest BCUT2D eigenvalue weighted by Gasteiger charge is 2.42. The van der Waals surface area contributed by atoms with E-state index in [1.165, 1.54) is 19.9 Å². The van der Waals surface area contributed by atoms with Gasteiger partial charge in [-0.25, -0.2) is 8.42 Å². The molecule has 0 aliphatic carbocycles. The van der Waals surface area contributed by atoms with E-state index in [0.29, 0.717) is 10.0 Å². The van der Waals surface area contributed by atoms with Crippen LogP contribution in [0.5, 0.6) is 0 Å². The summed E-state index contributed by atoms with van der Waals surface area (Å²) in [6, 6.07) is 4.91. The van der Waals surface area contributed by atoms with Gasteiger partial charge in [-0.05, 0) is 38.5 Å². The summed E-state index contributed by atoms with van der Waals surface area (Å²) in [4.78, 5) is 11.4. The Kier molecular flexibility index (Phi) is 4.99. The van der Waals surface area contributed by atoms with Gasteiger partial charge in [0.15, 0.2) is 0 Å². The van der Waals surface area contributed by atoms with Crippen LogP contribution < -0.4 is 0 Å². The SMILES string of the molecule is CCN(C(C)(C)C(=O)O)S(=O)(=O)c1cc(Br)ccc1C. The molecule has 5 nitrogen and oxygen atoms in total. The summed E-state index contributed by atoms with van der Waals surface area (Å²) in [6.45, 7) is 6.14. The first-order valence-corrected chi connectivity index (χ1v) is 8.30. The average Bonchev–Trinajstić information content (AvgIpc) is 2.32. The van der Waals surface area contributed by atoms with Crippen LogP contribution in [0.25, 0.3) is 0 Å². The Hall–Kier alpha value is -0.920. The number of aryl methyl sites for hydroxylation is 1. The van der Waals surface area contributed by atoms with Crippen LogP contribution >= 0.6 is 15.9 Å². The zero-order chi connectivity index (χ0) is 15.7. The van der Waals surface area contributed by atoms with Crippen molar-refractivity contribution in [3.63, 3.8) is 0 Å². The number of nitrogens with zero attached hydrogens (tertiary/aromatic N) is 1. The van der Waals surface area contributed by atoms with Gasteiger partial charge in [-0.2, -0.15) is 4.31 Å². The summed E-state index contributed by atoms with van der Waals surface area (Å²) in [7, 11) is -3.88. The fourth-order valence-electron chi connectivity index (χ4n) is 1.94. The molecule has 1 aromatic rings. The van der Waals surface area contributed by atoms with Gasteiger partial charge in [-0.3, -0.25) is 4.79 Å². The second kappa shape index (κ2) is 5.83. The van der Waals surface area contributed by atoms with Crippen molar-refractivity contribution in [2.24, 2.45) is 0 Å². The third kappa shape index (κ3) is 3.05. The van der Waals surface area contributed by atoms with Crippen LogP contribution in [0.3, 0.4) is 0 Å². The first kappa shape index (κ1) is 17.1. The lowest BCUT2D eigenvalue weighted by molar-refractivity contribution is -0.146. The van der Waals surface area contributed by atoms with Gasteiger partial charge in [-0.15, -0.1) is 0 Å². The van der Waals surface area contributed by atoms with E-state index < -0.39 is 21.5 Å². The molecule has 0 spiro atoms. The maximum atomic E-state index is 12.7. The molecule has 20 heavy (non-hydrogen) atoms. The van der Waals surface area contributed by atoms with Crippen LogP contribution in [0.4, 0.5) is 0 Å². The van der Waals surface area contributed by atoms with Crippen molar-refractivity contribution in [2.75, 3.05) is 6.54 Å². The van der Waals surface area contributed by atoms with E-state index in [4.69, 9.17) is 0 Å². The van der Waals surface area contributed by atoms with Gasteiger partial charge in [0.1, 0.15) is 5.54 Å². The average molecular weight is 364 g/mol. The Morgan fingerprint density at radius 2 is 1.95 bits per heavy atom. The van der Waals surface area contributed by atoms with Crippen molar-refractivity contribution in [3.8, 4) is 0 Å². The molecule has 1 rings (SSSR count). The molecule has 0 saturated heterocycles. The molecule has 0 bridgehead atoms. The molecule has 0 atom stereocenters. The number of hydrogen-bond donors (Lipinski definition) is 1. The third-order valence-corrected chi connectivity index (χ3v) is 5.94. The second-order valence-corrected chi connectivity index (χ2v) is 7.69. The van der Waals surface area contributed by atoms with E-state index in [0.717, 1.165) is 4.31 Å². The topological polar surface area (TPSA) is 74.7 Å². The van der Waals surface area contributed by atoms with Crippen molar-refractivity contribution in [1.29, 1.82) is 0 Å². The molecule has 0 saturated carbocycles. The van der Waals surface area contributed by atoms with E-state index in [-0.39, 0.29) is 11.4 Å². The lowest BCUT2D eigenvalue weighted by Gasteiger charge is -2.33. The zero-order valence-electron chi connectivity index (χ0n) is 11.8. The summed E-state index contributed by atoms with van der Waals surface area (Å²) in [5.74, 6) is -1.18. The van der Waals surface area contributed by atoms with Crippen molar-refractivity contribution < 1.29 is 18.3 Å². The molecular formula is C13H18BrNO4S. The minimum atomic E-state index is -3.88. The predicted octanol–water partition coefficient (Wildman–Crippen LogP) is 2.63. The molecule has 0 aromatic heterocycles. The highest BCUT2D eigenvalue weighted by Crippen LogP contribution is 2.28. The fourth-order valence-corrected chi connectivity index (χ4v) is 4.46. The highest BCUT2D eigenvalue weighted by molar-refractivity contribution is 9.10.